The van der Waals surface area contributed by atoms with Crippen molar-refractivity contribution in [2.75, 3.05) is 13.1 Å². The van der Waals surface area contributed by atoms with Crippen molar-refractivity contribution in [1.82, 2.24) is 4.90 Å². The van der Waals surface area contributed by atoms with E-state index in [0.29, 0.717) is 5.92 Å². The Morgan fingerprint density at radius 2 is 1.81 bits per heavy atom. The predicted molar refractivity (Wildman–Crippen MR) is 82.0 cm³/mol. The van der Waals surface area contributed by atoms with E-state index < -0.39 is 5.54 Å². The summed E-state index contributed by atoms with van der Waals surface area (Å²) in [5.41, 5.74) is 5.56. The highest BCUT2D eigenvalue weighted by atomic mass is 16.5. The van der Waals surface area contributed by atoms with Gasteiger partial charge in [-0.1, -0.05) is 18.2 Å². The molecule has 1 aliphatic carbocycles. The summed E-state index contributed by atoms with van der Waals surface area (Å²) in [5.74, 6) is 1.40. The Hall–Kier alpha value is -1.55. The number of carbonyl (C=O) groups excluding carboxylic acids is 1. The zero-order valence-electron chi connectivity index (χ0n) is 12.6. The third kappa shape index (κ3) is 3.21. The number of ether oxygens (including phenoxy) is 1. The van der Waals surface area contributed by atoms with Gasteiger partial charge >= 0.3 is 0 Å². The van der Waals surface area contributed by atoms with Crippen LogP contribution < -0.4 is 10.5 Å². The van der Waals surface area contributed by atoms with Crippen LogP contribution >= 0.6 is 0 Å². The molecule has 1 aliphatic heterocycles. The van der Waals surface area contributed by atoms with E-state index in [1.165, 1.54) is 0 Å². The van der Waals surface area contributed by atoms with Crippen molar-refractivity contribution >= 4 is 5.91 Å². The number of amides is 1. The first-order valence-electron chi connectivity index (χ1n) is 7.87. The molecule has 4 nitrogen and oxygen atoms in total. The second kappa shape index (κ2) is 5.68. The highest BCUT2D eigenvalue weighted by Crippen LogP contribution is 2.39. The van der Waals surface area contributed by atoms with Crippen LogP contribution in [0.15, 0.2) is 30.3 Å². The van der Waals surface area contributed by atoms with Gasteiger partial charge in [-0.05, 0) is 37.8 Å². The van der Waals surface area contributed by atoms with Crippen LogP contribution in [0.1, 0.15) is 32.6 Å². The average Bonchev–Trinajstić information content (AvgIpc) is 3.33. The highest BCUT2D eigenvalue weighted by molar-refractivity contribution is 5.86. The molecule has 4 heteroatoms. The number of carbonyl (C=O) groups is 1. The van der Waals surface area contributed by atoms with E-state index >= 15 is 0 Å². The minimum absolute atomic E-state index is 0.114. The number of benzene rings is 1. The summed E-state index contributed by atoms with van der Waals surface area (Å²) in [7, 11) is 0. The van der Waals surface area contributed by atoms with Gasteiger partial charge in [0.05, 0.1) is 5.54 Å². The topological polar surface area (TPSA) is 55.6 Å². The van der Waals surface area contributed by atoms with Gasteiger partial charge in [-0.2, -0.15) is 0 Å². The predicted octanol–water partition coefficient (Wildman–Crippen LogP) is 2.18. The van der Waals surface area contributed by atoms with E-state index in [9.17, 15) is 4.79 Å². The fraction of sp³-hybridized carbons (Fsp3) is 0.588. The number of para-hydroxylation sites is 1. The van der Waals surface area contributed by atoms with Crippen molar-refractivity contribution in [1.29, 1.82) is 0 Å². The van der Waals surface area contributed by atoms with Crippen molar-refractivity contribution in [3.63, 3.8) is 0 Å². The first-order valence-corrected chi connectivity index (χ1v) is 7.87. The van der Waals surface area contributed by atoms with Gasteiger partial charge in [-0.3, -0.25) is 4.79 Å². The van der Waals surface area contributed by atoms with Gasteiger partial charge in [-0.25, -0.2) is 0 Å². The Bertz CT molecular complexity index is 489. The van der Waals surface area contributed by atoms with Crippen LogP contribution in [-0.4, -0.2) is 35.5 Å². The van der Waals surface area contributed by atoms with Gasteiger partial charge in [0, 0.05) is 25.9 Å². The van der Waals surface area contributed by atoms with Crippen molar-refractivity contribution < 1.29 is 9.53 Å². The van der Waals surface area contributed by atoms with E-state index in [0.717, 1.165) is 44.5 Å². The molecule has 1 saturated heterocycles. The summed E-state index contributed by atoms with van der Waals surface area (Å²) in [4.78, 5) is 14.4. The molecule has 1 heterocycles. The number of rotatable bonds is 4. The Labute approximate surface area is 126 Å². The van der Waals surface area contributed by atoms with Gasteiger partial charge in [0.1, 0.15) is 11.9 Å². The quantitative estimate of drug-likeness (QED) is 0.924. The molecule has 0 spiro atoms. The van der Waals surface area contributed by atoms with Crippen LogP contribution in [0.4, 0.5) is 0 Å². The number of hydrogen-bond acceptors (Lipinski definition) is 3. The molecular weight excluding hydrogens is 264 g/mol. The van der Waals surface area contributed by atoms with Crippen LogP contribution in [0, 0.1) is 5.92 Å². The fourth-order valence-corrected chi connectivity index (χ4v) is 3.07. The molecule has 0 aromatic heterocycles. The number of nitrogens with two attached hydrogens (primary N) is 1. The molecule has 1 unspecified atom stereocenters. The van der Waals surface area contributed by atoms with Gasteiger partial charge in [-0.15, -0.1) is 0 Å². The molecule has 21 heavy (non-hydrogen) atoms. The molecule has 114 valence electrons. The molecule has 1 atom stereocenters. The van der Waals surface area contributed by atoms with E-state index in [4.69, 9.17) is 10.5 Å². The molecule has 1 amide bonds. The molecule has 0 bridgehead atoms. The van der Waals surface area contributed by atoms with Crippen LogP contribution in [-0.2, 0) is 4.79 Å². The van der Waals surface area contributed by atoms with Crippen molar-refractivity contribution in [3.05, 3.63) is 30.3 Å². The molecule has 1 saturated carbocycles. The second-order valence-electron chi connectivity index (χ2n) is 6.48. The number of nitrogens with zero attached hydrogens (tertiary/aromatic N) is 1. The van der Waals surface area contributed by atoms with E-state index in [1.807, 2.05) is 42.2 Å². The Morgan fingerprint density at radius 1 is 1.19 bits per heavy atom. The average molecular weight is 288 g/mol. The normalized spacial score (nSPS) is 22.7. The lowest BCUT2D eigenvalue weighted by atomic mass is 9.94. The second-order valence-corrected chi connectivity index (χ2v) is 6.48. The summed E-state index contributed by atoms with van der Waals surface area (Å²) >= 11 is 0. The smallest absolute Gasteiger partial charge is 0.242 e. The summed E-state index contributed by atoms with van der Waals surface area (Å²) in [6.45, 7) is 3.38. The fourth-order valence-electron chi connectivity index (χ4n) is 3.07. The lowest BCUT2D eigenvalue weighted by molar-refractivity contribution is -0.139. The van der Waals surface area contributed by atoms with Gasteiger partial charge in [0.15, 0.2) is 0 Å². The number of hydrogen-bond donors (Lipinski definition) is 1. The van der Waals surface area contributed by atoms with E-state index in [1.54, 1.807) is 0 Å². The Morgan fingerprint density at radius 3 is 2.38 bits per heavy atom. The van der Waals surface area contributed by atoms with Crippen molar-refractivity contribution in [2.24, 2.45) is 11.7 Å². The first kappa shape index (κ1) is 14.4. The zero-order chi connectivity index (χ0) is 14.9. The lowest BCUT2D eigenvalue weighted by Crippen LogP contribution is -2.57. The third-order valence-electron chi connectivity index (χ3n) is 4.66. The molecule has 3 rings (SSSR count). The summed E-state index contributed by atoms with van der Waals surface area (Å²) < 4.78 is 5.96. The van der Waals surface area contributed by atoms with Crippen LogP contribution in [0.2, 0.25) is 0 Å². The van der Waals surface area contributed by atoms with Crippen molar-refractivity contribution in [3.8, 4) is 5.75 Å². The van der Waals surface area contributed by atoms with Crippen molar-refractivity contribution in [2.45, 2.75) is 44.2 Å². The maximum Gasteiger partial charge on any atom is 0.242 e. The molecule has 0 radical (unpaired) electrons. The van der Waals surface area contributed by atoms with E-state index in [-0.39, 0.29) is 12.0 Å². The molecule has 1 aromatic rings. The first-order chi connectivity index (χ1) is 10.1. The van der Waals surface area contributed by atoms with Gasteiger partial charge in [0.25, 0.3) is 0 Å². The van der Waals surface area contributed by atoms with Gasteiger partial charge in [0.2, 0.25) is 5.91 Å². The molecule has 2 aliphatic rings. The molecule has 2 fully saturated rings. The van der Waals surface area contributed by atoms with Crippen LogP contribution in [0.25, 0.3) is 0 Å². The summed E-state index contributed by atoms with van der Waals surface area (Å²) in [6, 6.07) is 9.88. The monoisotopic (exact) mass is 288 g/mol. The Kier molecular flexibility index (Phi) is 3.89. The summed E-state index contributed by atoms with van der Waals surface area (Å²) in [5, 5.41) is 0. The van der Waals surface area contributed by atoms with Crippen LogP contribution in [0.3, 0.4) is 0 Å². The number of piperidine rings is 1. The highest BCUT2D eigenvalue weighted by Gasteiger charge is 2.46. The Balaban J connectivity index is 1.52. The third-order valence-corrected chi connectivity index (χ3v) is 4.66. The SMILES string of the molecule is CC(N)(C(=O)N1CCC(Oc2ccccc2)CC1)C1CC1. The maximum atomic E-state index is 12.5. The van der Waals surface area contributed by atoms with E-state index in [2.05, 4.69) is 0 Å². The molecule has 1 aromatic carbocycles. The van der Waals surface area contributed by atoms with Gasteiger partial charge < -0.3 is 15.4 Å². The largest absolute Gasteiger partial charge is 0.490 e. The minimum atomic E-state index is -0.673. The van der Waals surface area contributed by atoms with Crippen LogP contribution in [0.5, 0.6) is 5.75 Å². The summed E-state index contributed by atoms with van der Waals surface area (Å²) in [6.07, 6.45) is 4.13. The lowest BCUT2D eigenvalue weighted by Gasteiger charge is -2.37. The number of likely N-dealkylation sites (tertiary alicyclic amines) is 1. The molecule has 2 N–H and O–H groups in total. The minimum Gasteiger partial charge on any atom is -0.490 e. The maximum absolute atomic E-state index is 12.5. The zero-order valence-corrected chi connectivity index (χ0v) is 12.6. The standard InChI is InChI=1S/C17H24N2O2/c1-17(18,13-7-8-13)16(20)19-11-9-15(10-12-19)21-14-5-3-2-4-6-14/h2-6,13,15H,7-12,18H2,1H3. The molecular formula is C17H24N2O2.